The summed E-state index contributed by atoms with van der Waals surface area (Å²) in [5.41, 5.74) is 0.265. The number of rotatable bonds is 6. The van der Waals surface area contributed by atoms with E-state index in [2.05, 4.69) is 21.9 Å². The Labute approximate surface area is 119 Å². The molecule has 0 aliphatic rings. The van der Waals surface area contributed by atoms with Gasteiger partial charge in [-0.2, -0.15) is 0 Å². The third-order valence-electron chi connectivity index (χ3n) is 2.30. The number of aliphatic hydroxyl groups excluding tert-OH is 1. The lowest BCUT2D eigenvalue weighted by Crippen LogP contribution is -2.28. The first-order valence-corrected chi connectivity index (χ1v) is 6.08. The van der Waals surface area contributed by atoms with Gasteiger partial charge in [-0.05, 0) is 18.2 Å². The van der Waals surface area contributed by atoms with Crippen LogP contribution in [-0.2, 0) is 4.74 Å². The van der Waals surface area contributed by atoms with Gasteiger partial charge in [0.2, 0.25) is 0 Å². The largest absolute Gasteiger partial charge is 0.384 e. The maximum absolute atomic E-state index is 13.1. The van der Waals surface area contributed by atoms with Crippen molar-refractivity contribution in [3.63, 3.8) is 0 Å². The molecule has 7 heteroatoms. The zero-order valence-electron chi connectivity index (χ0n) is 11.0. The zero-order valence-corrected chi connectivity index (χ0v) is 11.0. The third-order valence-corrected chi connectivity index (χ3v) is 2.30. The van der Waals surface area contributed by atoms with Crippen molar-refractivity contribution < 1.29 is 27.8 Å². The highest BCUT2D eigenvalue weighted by Crippen LogP contribution is 2.10. The number of carbonyl (C=O) groups excluding carboxylic acids is 1. The molecule has 0 saturated carbocycles. The van der Waals surface area contributed by atoms with E-state index >= 15 is 0 Å². The van der Waals surface area contributed by atoms with Crippen molar-refractivity contribution in [3.8, 4) is 11.8 Å². The molecule has 0 atom stereocenters. The minimum absolute atomic E-state index is 0.0375. The molecule has 0 radical (unpaired) electrons. The van der Waals surface area contributed by atoms with Gasteiger partial charge < -0.3 is 15.2 Å². The molecule has 0 saturated heterocycles. The number of nitrogens with one attached hydrogen (secondary N) is 1. The maximum atomic E-state index is 13.1. The molecular formula is C14H14F3NO3. The highest BCUT2D eigenvalue weighted by Gasteiger charge is 2.11. The lowest BCUT2D eigenvalue weighted by molar-refractivity contribution is 0.0188. The maximum Gasteiger partial charge on any atom is 0.261 e. The molecule has 2 N–H and O–H groups in total. The van der Waals surface area contributed by atoms with Crippen LogP contribution in [-0.4, -0.2) is 43.8 Å². The summed E-state index contributed by atoms with van der Waals surface area (Å²) in [5, 5.41) is 11.1. The van der Waals surface area contributed by atoms with Crippen molar-refractivity contribution in [1.82, 2.24) is 5.32 Å². The first kappa shape index (κ1) is 17.0. The van der Waals surface area contributed by atoms with Crippen LogP contribution in [0.5, 0.6) is 0 Å². The Hall–Kier alpha value is -2.04. The number of ether oxygens (including phenoxy) is 1. The number of benzene rings is 1. The molecule has 0 bridgehead atoms. The predicted octanol–water partition coefficient (Wildman–Crippen LogP) is 1.18. The van der Waals surface area contributed by atoms with Crippen LogP contribution in [0, 0.1) is 17.7 Å². The van der Waals surface area contributed by atoms with E-state index in [-0.39, 0.29) is 24.3 Å². The summed E-state index contributed by atoms with van der Waals surface area (Å²) in [5.74, 6) is 3.71. The van der Waals surface area contributed by atoms with Crippen LogP contribution < -0.4 is 5.32 Å². The van der Waals surface area contributed by atoms with Gasteiger partial charge in [-0.3, -0.25) is 4.79 Å². The minimum Gasteiger partial charge on any atom is -0.384 e. The van der Waals surface area contributed by atoms with Gasteiger partial charge in [0.05, 0.1) is 12.2 Å². The Morgan fingerprint density at radius 2 is 2.19 bits per heavy atom. The third kappa shape index (κ3) is 6.29. The minimum atomic E-state index is -2.56. The van der Waals surface area contributed by atoms with Crippen molar-refractivity contribution in [2.45, 2.75) is 6.43 Å². The van der Waals surface area contributed by atoms with Gasteiger partial charge in [0.25, 0.3) is 12.3 Å². The molecule has 0 spiro atoms. The number of alkyl halides is 2. The summed E-state index contributed by atoms with van der Waals surface area (Å²) in [7, 11) is 0. The van der Waals surface area contributed by atoms with E-state index in [0.717, 1.165) is 12.1 Å². The molecule has 0 fully saturated rings. The molecule has 0 aliphatic carbocycles. The van der Waals surface area contributed by atoms with Crippen LogP contribution in [0.2, 0.25) is 0 Å². The quantitative estimate of drug-likeness (QED) is 0.613. The second-order valence-corrected chi connectivity index (χ2v) is 3.87. The molecule has 0 heterocycles. The van der Waals surface area contributed by atoms with E-state index in [1.165, 1.54) is 6.07 Å². The van der Waals surface area contributed by atoms with Crippen LogP contribution in [0.3, 0.4) is 0 Å². The molecular weight excluding hydrogens is 287 g/mol. The van der Waals surface area contributed by atoms with Crippen LogP contribution in [0.25, 0.3) is 0 Å². The number of amides is 1. The summed E-state index contributed by atoms with van der Waals surface area (Å²) in [6.45, 7) is -1.14. The Morgan fingerprint density at radius 3 is 2.86 bits per heavy atom. The molecule has 1 rings (SSSR count). The molecule has 1 amide bonds. The van der Waals surface area contributed by atoms with Crippen LogP contribution in [0.4, 0.5) is 13.2 Å². The SMILES string of the molecule is O=C(NCCOCC(F)F)c1ccc(F)cc1C#CCO. The Bertz CT molecular complexity index is 538. The second-order valence-electron chi connectivity index (χ2n) is 3.87. The molecule has 21 heavy (non-hydrogen) atoms. The molecule has 0 aromatic heterocycles. The Morgan fingerprint density at radius 1 is 1.43 bits per heavy atom. The number of halogens is 3. The topological polar surface area (TPSA) is 58.6 Å². The summed E-state index contributed by atoms with van der Waals surface area (Å²) in [6.07, 6.45) is -2.56. The van der Waals surface area contributed by atoms with Crippen molar-refractivity contribution in [3.05, 3.63) is 35.1 Å². The zero-order chi connectivity index (χ0) is 15.7. The molecule has 0 unspecified atom stereocenters. The van der Waals surface area contributed by atoms with E-state index in [4.69, 9.17) is 5.11 Å². The fourth-order valence-electron chi connectivity index (χ4n) is 1.46. The smallest absolute Gasteiger partial charge is 0.261 e. The predicted molar refractivity (Wildman–Crippen MR) is 69.5 cm³/mol. The van der Waals surface area contributed by atoms with Crippen molar-refractivity contribution in [2.75, 3.05) is 26.4 Å². The number of carbonyl (C=O) groups is 1. The fourth-order valence-corrected chi connectivity index (χ4v) is 1.46. The Kier molecular flexibility index (Phi) is 7.29. The van der Waals surface area contributed by atoms with Crippen LogP contribution >= 0.6 is 0 Å². The summed E-state index contributed by atoms with van der Waals surface area (Å²) in [4.78, 5) is 11.9. The average Bonchev–Trinajstić information content (AvgIpc) is 2.44. The van der Waals surface area contributed by atoms with Crippen molar-refractivity contribution >= 4 is 5.91 Å². The number of hydrogen-bond donors (Lipinski definition) is 2. The molecule has 4 nitrogen and oxygen atoms in total. The first-order valence-electron chi connectivity index (χ1n) is 6.08. The normalized spacial score (nSPS) is 10.1. The van der Waals surface area contributed by atoms with Gasteiger partial charge >= 0.3 is 0 Å². The standard InChI is InChI=1S/C14H14F3NO3/c15-11-3-4-12(10(8-11)2-1-6-19)14(20)18-5-7-21-9-13(16)17/h3-4,8,13,19H,5-7,9H2,(H,18,20). The fraction of sp³-hybridized carbons (Fsp3) is 0.357. The van der Waals surface area contributed by atoms with Gasteiger partial charge in [-0.25, -0.2) is 13.2 Å². The molecule has 1 aromatic rings. The van der Waals surface area contributed by atoms with Gasteiger partial charge in [-0.1, -0.05) is 11.8 Å². The summed E-state index contributed by atoms with van der Waals surface area (Å²) >= 11 is 0. The number of hydrogen-bond acceptors (Lipinski definition) is 3. The highest BCUT2D eigenvalue weighted by atomic mass is 19.3. The first-order chi connectivity index (χ1) is 10.0. The van der Waals surface area contributed by atoms with Gasteiger partial charge in [-0.15, -0.1) is 0 Å². The molecule has 0 aliphatic heterocycles. The van der Waals surface area contributed by atoms with Crippen LogP contribution in [0.15, 0.2) is 18.2 Å². The van der Waals surface area contributed by atoms with E-state index in [0.29, 0.717) is 0 Å². The number of aliphatic hydroxyl groups is 1. The summed E-state index contributed by atoms with van der Waals surface area (Å²) in [6, 6.07) is 3.43. The lowest BCUT2D eigenvalue weighted by Gasteiger charge is -2.08. The second kappa shape index (κ2) is 9.00. The van der Waals surface area contributed by atoms with E-state index in [1.807, 2.05) is 0 Å². The average molecular weight is 301 g/mol. The lowest BCUT2D eigenvalue weighted by atomic mass is 10.1. The van der Waals surface area contributed by atoms with Crippen molar-refractivity contribution in [2.24, 2.45) is 0 Å². The van der Waals surface area contributed by atoms with E-state index < -0.39 is 31.4 Å². The Balaban J connectivity index is 2.61. The van der Waals surface area contributed by atoms with Crippen LogP contribution in [0.1, 0.15) is 15.9 Å². The monoisotopic (exact) mass is 301 g/mol. The highest BCUT2D eigenvalue weighted by molar-refractivity contribution is 5.96. The molecule has 114 valence electrons. The van der Waals surface area contributed by atoms with Gasteiger partial charge in [0.1, 0.15) is 19.0 Å². The van der Waals surface area contributed by atoms with Gasteiger partial charge in [0, 0.05) is 12.1 Å². The summed E-state index contributed by atoms with van der Waals surface area (Å²) < 4.78 is 41.3. The van der Waals surface area contributed by atoms with E-state index in [9.17, 15) is 18.0 Å². The van der Waals surface area contributed by atoms with Crippen molar-refractivity contribution in [1.29, 1.82) is 0 Å². The van der Waals surface area contributed by atoms with Gasteiger partial charge in [0.15, 0.2) is 0 Å². The van der Waals surface area contributed by atoms with E-state index in [1.54, 1.807) is 0 Å². The molecule has 1 aromatic carbocycles.